The number of aromatic amines is 2. The summed E-state index contributed by atoms with van der Waals surface area (Å²) in [6.07, 6.45) is -1.71. The summed E-state index contributed by atoms with van der Waals surface area (Å²) in [4.78, 5) is 124. The number of H-pyrrole nitrogens is 2. The summed E-state index contributed by atoms with van der Waals surface area (Å²) in [6.45, 7) is -0.131. The van der Waals surface area contributed by atoms with E-state index in [9.17, 15) is 63.6 Å². The van der Waals surface area contributed by atoms with Crippen molar-refractivity contribution in [2.75, 3.05) is 6.61 Å². The number of carbonyl (C=O) groups is 9. The number of nitrogens with one attached hydrogen (secondary N) is 7. The van der Waals surface area contributed by atoms with Gasteiger partial charge < -0.3 is 61.7 Å². The van der Waals surface area contributed by atoms with Crippen molar-refractivity contribution in [2.45, 2.75) is 87.5 Å². The summed E-state index contributed by atoms with van der Waals surface area (Å²) in [5, 5.41) is 52.1. The number of rotatable bonds is 25. The van der Waals surface area contributed by atoms with Crippen LogP contribution in [0.25, 0.3) is 32.9 Å². The van der Waals surface area contributed by atoms with Crippen molar-refractivity contribution in [3.05, 3.63) is 132 Å². The fraction of sp³-hybridized carbons (Fsp3) is 0.288. The summed E-state index contributed by atoms with van der Waals surface area (Å²) in [5.41, 5.74) is 6.15. The molecule has 6 aromatic rings. The Bertz CT molecular complexity index is 3010. The molecule has 0 spiro atoms. The molecule has 21 nitrogen and oxygen atoms in total. The molecule has 21 heteroatoms. The van der Waals surface area contributed by atoms with Gasteiger partial charge >= 0.3 is 30.0 Å². The third-order valence-electron chi connectivity index (χ3n) is 12.6. The predicted molar refractivity (Wildman–Crippen MR) is 262 cm³/mol. The first-order valence-corrected chi connectivity index (χ1v) is 23.4. The molecule has 4 aromatic carbocycles. The Morgan fingerprint density at radius 2 is 0.836 bits per heavy atom. The largest absolute Gasteiger partial charge is 0.481 e. The fourth-order valence-electron chi connectivity index (χ4n) is 8.93. The van der Waals surface area contributed by atoms with Crippen molar-refractivity contribution in [3.8, 4) is 11.1 Å². The topological polar surface area (TPSA) is 336 Å². The maximum absolute atomic E-state index is 14.6. The summed E-state index contributed by atoms with van der Waals surface area (Å²) < 4.78 is 5.66. The van der Waals surface area contributed by atoms with Gasteiger partial charge in [-0.25, -0.2) is 9.59 Å². The number of aromatic nitrogens is 2. The highest BCUT2D eigenvalue weighted by Crippen LogP contribution is 2.44. The molecule has 1 aliphatic carbocycles. The van der Waals surface area contributed by atoms with Gasteiger partial charge in [0.25, 0.3) is 0 Å². The number of aliphatic carboxylic acids is 4. The van der Waals surface area contributed by atoms with Crippen LogP contribution >= 0.6 is 0 Å². The third kappa shape index (κ3) is 13.2. The van der Waals surface area contributed by atoms with Gasteiger partial charge in [0.1, 0.15) is 36.8 Å². The number of alkyl carbamates (subject to hydrolysis) is 1. The van der Waals surface area contributed by atoms with Crippen LogP contribution in [-0.2, 0) is 55.9 Å². The molecule has 1 aliphatic rings. The van der Waals surface area contributed by atoms with Gasteiger partial charge in [-0.15, -0.1) is 0 Å². The maximum Gasteiger partial charge on any atom is 0.407 e. The number of ether oxygens (including phenoxy) is 1. The molecule has 5 amide bonds. The molecule has 0 bridgehead atoms. The van der Waals surface area contributed by atoms with E-state index in [1.54, 1.807) is 60.9 Å². The highest BCUT2D eigenvalue weighted by atomic mass is 16.5. The monoisotopic (exact) mass is 999 g/mol. The quantitative estimate of drug-likeness (QED) is 0.0387. The second-order valence-corrected chi connectivity index (χ2v) is 17.5. The Hall–Kier alpha value is -9.01. The van der Waals surface area contributed by atoms with Gasteiger partial charge in [-0.1, -0.05) is 84.9 Å². The lowest BCUT2D eigenvalue weighted by Gasteiger charge is -2.27. The number of carboxylic acid groups (broad SMARTS) is 4. The number of hydrogen-bond donors (Lipinski definition) is 11. The van der Waals surface area contributed by atoms with E-state index in [1.165, 1.54) is 0 Å². The van der Waals surface area contributed by atoms with Gasteiger partial charge in [0, 0.05) is 72.2 Å². The van der Waals surface area contributed by atoms with Crippen LogP contribution in [0.2, 0.25) is 0 Å². The van der Waals surface area contributed by atoms with Crippen LogP contribution in [0.1, 0.15) is 66.7 Å². The molecular formula is C52H53N7O14. The fourth-order valence-corrected chi connectivity index (χ4v) is 8.93. The highest BCUT2D eigenvalue weighted by molar-refractivity contribution is 5.97. The third-order valence-corrected chi connectivity index (χ3v) is 12.6. The molecule has 0 fully saturated rings. The van der Waals surface area contributed by atoms with E-state index in [2.05, 4.69) is 36.6 Å². The molecule has 0 radical (unpaired) electrons. The minimum atomic E-state index is -1.70. The molecule has 380 valence electrons. The average molecular weight is 1000 g/mol. The van der Waals surface area contributed by atoms with Gasteiger partial charge in [0.15, 0.2) is 0 Å². The molecule has 7 rings (SSSR count). The van der Waals surface area contributed by atoms with Gasteiger partial charge in [-0.05, 0) is 64.8 Å². The van der Waals surface area contributed by atoms with E-state index in [4.69, 9.17) is 4.74 Å². The van der Waals surface area contributed by atoms with Crippen molar-refractivity contribution < 1.29 is 68.3 Å². The van der Waals surface area contributed by atoms with E-state index in [-0.39, 0.29) is 25.4 Å². The van der Waals surface area contributed by atoms with Crippen LogP contribution in [0, 0.1) is 0 Å². The molecule has 5 atom stereocenters. The van der Waals surface area contributed by atoms with Gasteiger partial charge in [-0.3, -0.25) is 33.6 Å². The summed E-state index contributed by atoms with van der Waals surface area (Å²) in [7, 11) is 0. The van der Waals surface area contributed by atoms with E-state index >= 15 is 0 Å². The zero-order chi connectivity index (χ0) is 52.2. The van der Waals surface area contributed by atoms with E-state index in [1.807, 2.05) is 48.5 Å². The lowest BCUT2D eigenvalue weighted by Crippen LogP contribution is -2.59. The first-order chi connectivity index (χ1) is 35.1. The minimum Gasteiger partial charge on any atom is -0.481 e. The molecule has 2 aromatic heterocycles. The summed E-state index contributed by atoms with van der Waals surface area (Å²) >= 11 is 0. The normalized spacial score (nSPS) is 13.8. The zero-order valence-electron chi connectivity index (χ0n) is 39.1. The molecule has 0 saturated heterocycles. The number of benzene rings is 4. The number of amides is 5. The first kappa shape index (κ1) is 51.8. The van der Waals surface area contributed by atoms with E-state index in [0.717, 1.165) is 22.3 Å². The second kappa shape index (κ2) is 23.7. The summed E-state index contributed by atoms with van der Waals surface area (Å²) in [6, 6.07) is 21.2. The number of carbonyl (C=O) groups excluding carboxylic acids is 5. The van der Waals surface area contributed by atoms with Crippen LogP contribution in [0.5, 0.6) is 0 Å². The van der Waals surface area contributed by atoms with Crippen molar-refractivity contribution in [3.63, 3.8) is 0 Å². The van der Waals surface area contributed by atoms with Crippen molar-refractivity contribution in [2.24, 2.45) is 0 Å². The molecular weight excluding hydrogens is 947 g/mol. The van der Waals surface area contributed by atoms with Crippen LogP contribution in [-0.4, -0.2) is 121 Å². The molecule has 73 heavy (non-hydrogen) atoms. The van der Waals surface area contributed by atoms with Crippen LogP contribution in [0.3, 0.4) is 0 Å². The summed E-state index contributed by atoms with van der Waals surface area (Å²) in [5.74, 6) is -9.95. The Labute approximate surface area is 416 Å². The van der Waals surface area contributed by atoms with Crippen molar-refractivity contribution in [1.82, 2.24) is 36.6 Å². The second-order valence-electron chi connectivity index (χ2n) is 17.5. The van der Waals surface area contributed by atoms with Crippen LogP contribution in [0.15, 0.2) is 109 Å². The number of hydrogen-bond acceptors (Lipinski definition) is 10. The average Bonchev–Trinajstić information content (AvgIpc) is 4.07. The SMILES string of the molecule is O=C(O)CC[C@H](NC(=O)[C@H](Cc1c[nH]c2ccccc12)NC(=O)[C@H](CCC(=O)O)NC(=O)[C@H](Cc1c[nH]c2ccccc12)NC(=O)[C@H](CCC(=O)O)NC(=O)OCC1c2ccccc2-c2ccccc21)C(=O)O. The van der Waals surface area contributed by atoms with Gasteiger partial charge in [-0.2, -0.15) is 0 Å². The van der Waals surface area contributed by atoms with E-state index < -0.39 is 122 Å². The van der Waals surface area contributed by atoms with Crippen LogP contribution in [0.4, 0.5) is 4.79 Å². The Morgan fingerprint density at radius 1 is 0.466 bits per heavy atom. The Balaban J connectivity index is 1.13. The Kier molecular flexibility index (Phi) is 16.9. The molecule has 0 saturated carbocycles. The lowest BCUT2D eigenvalue weighted by atomic mass is 9.98. The van der Waals surface area contributed by atoms with Gasteiger partial charge in [0.2, 0.25) is 23.6 Å². The van der Waals surface area contributed by atoms with Gasteiger partial charge in [0.05, 0.1) is 0 Å². The van der Waals surface area contributed by atoms with Crippen molar-refractivity contribution in [1.29, 1.82) is 0 Å². The number of fused-ring (bicyclic) bond motifs is 5. The number of carboxylic acids is 4. The smallest absolute Gasteiger partial charge is 0.407 e. The molecule has 0 aliphatic heterocycles. The standard InChI is InChI=1S/C52H53N7O14/c60-44(61)20-17-39(47(66)57-43(24-29-26-54-38-16-8-6-10-31(29)38)50(69)56-41(51(70)71)19-22-46(64)65)55-49(68)42(23-28-25-53-37-15-7-5-9-30(28)37)58-48(67)40(18-21-45(62)63)59-52(72)73-27-36-34-13-3-1-11-32(34)33-12-2-4-14-35(33)36/h1-16,25-26,36,39-43,53-54H,17-24,27H2,(H,55,68)(H,56,69)(H,57,66)(H,58,67)(H,59,72)(H,60,61)(H,62,63)(H,64,65)(H,70,71)/t39-,40-,41-,42-,43-/m0/s1. The highest BCUT2D eigenvalue weighted by Gasteiger charge is 2.35. The maximum atomic E-state index is 14.6. The minimum absolute atomic E-state index is 0.131. The number of para-hydroxylation sites is 2. The first-order valence-electron chi connectivity index (χ1n) is 23.4. The predicted octanol–water partition coefficient (Wildman–Crippen LogP) is 3.96. The molecule has 11 N–H and O–H groups in total. The zero-order valence-corrected chi connectivity index (χ0v) is 39.1. The Morgan fingerprint density at radius 3 is 1.29 bits per heavy atom. The van der Waals surface area contributed by atoms with E-state index in [0.29, 0.717) is 32.9 Å². The van der Waals surface area contributed by atoms with Crippen molar-refractivity contribution >= 4 is 75.4 Å². The molecule has 0 unspecified atom stereocenters. The lowest BCUT2D eigenvalue weighted by molar-refractivity contribution is -0.143. The van der Waals surface area contributed by atoms with Crippen LogP contribution < -0.4 is 26.6 Å². The molecule has 2 heterocycles.